The molecule has 174 valence electrons. The van der Waals surface area contributed by atoms with Crippen LogP contribution in [0, 0.1) is 0 Å². The lowest BCUT2D eigenvalue weighted by molar-refractivity contribution is 0.161. The first kappa shape index (κ1) is 23.1. The first-order valence-corrected chi connectivity index (χ1v) is 12.2. The Labute approximate surface area is 211 Å². The van der Waals surface area contributed by atoms with Crippen LogP contribution in [0.1, 0.15) is 35.1 Å². The summed E-state index contributed by atoms with van der Waals surface area (Å²) in [5.41, 5.74) is 3.26. The maximum absolute atomic E-state index is 13.1. The topological polar surface area (TPSA) is 70.7 Å². The van der Waals surface area contributed by atoms with Crippen LogP contribution >= 0.6 is 15.9 Å². The van der Waals surface area contributed by atoms with Crippen LogP contribution in [0.15, 0.2) is 117 Å². The Hall–Kier alpha value is -3.67. The highest BCUT2D eigenvalue weighted by atomic mass is 79.9. The Kier molecular flexibility index (Phi) is 6.53. The zero-order valence-electron chi connectivity index (χ0n) is 18.8. The zero-order valence-corrected chi connectivity index (χ0v) is 20.4. The largest absolute Gasteiger partial charge is 0.507 e. The Morgan fingerprint density at radius 2 is 1.43 bits per heavy atom. The highest BCUT2D eigenvalue weighted by Gasteiger charge is 2.29. The van der Waals surface area contributed by atoms with Crippen LogP contribution in [0.25, 0.3) is 22.1 Å². The van der Waals surface area contributed by atoms with Gasteiger partial charge in [-0.2, -0.15) is 0 Å². The Balaban J connectivity index is 1.65. The third-order valence-corrected chi connectivity index (χ3v) is 6.99. The Morgan fingerprint density at radius 1 is 0.771 bits per heavy atom. The number of benzene rings is 4. The van der Waals surface area contributed by atoms with E-state index in [9.17, 15) is 15.0 Å². The van der Waals surface area contributed by atoms with Crippen molar-refractivity contribution in [2.24, 2.45) is 0 Å². The molecule has 0 fully saturated rings. The summed E-state index contributed by atoms with van der Waals surface area (Å²) in [6.07, 6.45) is -0.764. The summed E-state index contributed by atoms with van der Waals surface area (Å²) in [5, 5.41) is 23.2. The minimum Gasteiger partial charge on any atom is -0.507 e. The molecule has 2 atom stereocenters. The molecule has 0 saturated heterocycles. The second kappa shape index (κ2) is 9.90. The predicted molar refractivity (Wildman–Crippen MR) is 142 cm³/mol. The zero-order chi connectivity index (χ0) is 24.4. The van der Waals surface area contributed by atoms with Gasteiger partial charge < -0.3 is 14.6 Å². The highest BCUT2D eigenvalue weighted by Crippen LogP contribution is 2.42. The first-order valence-electron chi connectivity index (χ1n) is 11.4. The molecule has 4 nitrogen and oxygen atoms in total. The van der Waals surface area contributed by atoms with Gasteiger partial charge in [0.05, 0.1) is 17.1 Å². The van der Waals surface area contributed by atoms with Gasteiger partial charge in [-0.05, 0) is 41.3 Å². The number of hydrogen-bond donors (Lipinski definition) is 2. The van der Waals surface area contributed by atoms with E-state index in [1.807, 2.05) is 78.9 Å². The molecular formula is C30H23BrO4. The summed E-state index contributed by atoms with van der Waals surface area (Å²) in [5.74, 6) is -0.712. The molecule has 0 spiro atoms. The second-order valence-corrected chi connectivity index (χ2v) is 9.28. The summed E-state index contributed by atoms with van der Waals surface area (Å²) in [6.45, 7) is 0. The van der Waals surface area contributed by atoms with Gasteiger partial charge >= 0.3 is 5.63 Å². The van der Waals surface area contributed by atoms with Gasteiger partial charge in [0.2, 0.25) is 0 Å². The lowest BCUT2D eigenvalue weighted by Gasteiger charge is -2.24. The van der Waals surface area contributed by atoms with Gasteiger partial charge in [-0.15, -0.1) is 0 Å². The van der Waals surface area contributed by atoms with Crippen LogP contribution in [0.4, 0.5) is 0 Å². The van der Waals surface area contributed by atoms with E-state index in [4.69, 9.17) is 4.42 Å². The summed E-state index contributed by atoms with van der Waals surface area (Å²) < 4.78 is 6.34. The lowest BCUT2D eigenvalue weighted by atomic mass is 9.83. The van der Waals surface area contributed by atoms with Gasteiger partial charge in [0, 0.05) is 16.0 Å². The van der Waals surface area contributed by atoms with Crippen molar-refractivity contribution in [1.82, 2.24) is 0 Å². The average molecular weight is 527 g/mol. The number of rotatable bonds is 6. The van der Waals surface area contributed by atoms with Crippen LogP contribution < -0.4 is 5.63 Å². The third-order valence-electron chi connectivity index (χ3n) is 6.30. The smallest absolute Gasteiger partial charge is 0.343 e. The molecule has 5 rings (SSSR count). The van der Waals surface area contributed by atoms with Crippen LogP contribution in [-0.4, -0.2) is 10.2 Å². The minimum absolute atomic E-state index is 0.117. The number of hydrogen-bond acceptors (Lipinski definition) is 4. The van der Waals surface area contributed by atoms with E-state index in [1.165, 1.54) is 0 Å². The average Bonchev–Trinajstić information content (AvgIpc) is 2.89. The maximum Gasteiger partial charge on any atom is 0.343 e. The number of fused-ring (bicyclic) bond motifs is 1. The van der Waals surface area contributed by atoms with Crippen molar-refractivity contribution >= 4 is 26.9 Å². The minimum atomic E-state index is -0.934. The van der Waals surface area contributed by atoms with Crippen molar-refractivity contribution in [3.63, 3.8) is 0 Å². The summed E-state index contributed by atoms with van der Waals surface area (Å²) in [6, 6.07) is 32.0. The van der Waals surface area contributed by atoms with Crippen LogP contribution in [0.2, 0.25) is 0 Å². The molecule has 0 saturated carbocycles. The van der Waals surface area contributed by atoms with Gasteiger partial charge in [0.15, 0.2) is 0 Å². The number of aromatic hydroxyl groups is 1. The van der Waals surface area contributed by atoms with E-state index in [1.54, 1.807) is 24.3 Å². The van der Waals surface area contributed by atoms with E-state index in [2.05, 4.69) is 15.9 Å². The molecule has 0 radical (unpaired) electrons. The quantitative estimate of drug-likeness (QED) is 0.230. The van der Waals surface area contributed by atoms with Crippen LogP contribution in [0.5, 0.6) is 5.75 Å². The number of aliphatic hydroxyl groups excluding tert-OH is 1. The summed E-state index contributed by atoms with van der Waals surface area (Å²) in [4.78, 5) is 13.1. The molecule has 5 aromatic rings. The van der Waals surface area contributed by atoms with E-state index in [0.717, 1.165) is 26.7 Å². The van der Waals surface area contributed by atoms with Crippen molar-refractivity contribution in [3.8, 4) is 16.9 Å². The van der Waals surface area contributed by atoms with Crippen molar-refractivity contribution in [2.45, 2.75) is 18.4 Å². The van der Waals surface area contributed by atoms with Crippen molar-refractivity contribution in [3.05, 3.63) is 135 Å². The third kappa shape index (κ3) is 4.53. The molecule has 4 aromatic carbocycles. The number of aliphatic hydroxyl groups is 1. The van der Waals surface area contributed by atoms with Gasteiger partial charge in [0.25, 0.3) is 0 Å². The van der Waals surface area contributed by atoms with E-state index >= 15 is 0 Å². The van der Waals surface area contributed by atoms with Crippen molar-refractivity contribution in [1.29, 1.82) is 0 Å². The van der Waals surface area contributed by atoms with E-state index in [0.29, 0.717) is 11.0 Å². The molecule has 1 aromatic heterocycles. The van der Waals surface area contributed by atoms with E-state index in [-0.39, 0.29) is 17.7 Å². The Bertz CT molecular complexity index is 1530. The van der Waals surface area contributed by atoms with Gasteiger partial charge in [-0.25, -0.2) is 4.79 Å². The Morgan fingerprint density at radius 3 is 2.17 bits per heavy atom. The fourth-order valence-corrected chi connectivity index (χ4v) is 5.28. The number of halogens is 1. The summed E-state index contributed by atoms with van der Waals surface area (Å²) in [7, 11) is 0. The predicted octanol–water partition coefficient (Wildman–Crippen LogP) is 7.18. The molecule has 1 heterocycles. The molecule has 0 aliphatic carbocycles. The van der Waals surface area contributed by atoms with Crippen molar-refractivity contribution < 1.29 is 14.6 Å². The van der Waals surface area contributed by atoms with Gasteiger partial charge in [-0.1, -0.05) is 101 Å². The maximum atomic E-state index is 13.1. The molecule has 0 aliphatic rings. The molecule has 2 N–H and O–H groups in total. The lowest BCUT2D eigenvalue weighted by Crippen LogP contribution is -2.17. The van der Waals surface area contributed by atoms with E-state index < -0.39 is 17.6 Å². The molecular weight excluding hydrogens is 504 g/mol. The fourth-order valence-electron chi connectivity index (χ4n) is 4.65. The molecule has 0 bridgehead atoms. The first-order chi connectivity index (χ1) is 17.0. The van der Waals surface area contributed by atoms with Gasteiger partial charge in [-0.3, -0.25) is 0 Å². The van der Waals surface area contributed by atoms with Crippen LogP contribution in [0.3, 0.4) is 0 Å². The number of para-hydroxylation sites is 1. The van der Waals surface area contributed by atoms with Crippen LogP contribution in [-0.2, 0) is 0 Å². The van der Waals surface area contributed by atoms with Gasteiger partial charge in [0.1, 0.15) is 11.3 Å². The molecule has 0 amide bonds. The monoisotopic (exact) mass is 526 g/mol. The fraction of sp³-hybridized carbons (Fsp3) is 0.100. The summed E-state index contributed by atoms with van der Waals surface area (Å²) >= 11 is 3.62. The molecule has 0 aliphatic heterocycles. The van der Waals surface area contributed by atoms with Crippen molar-refractivity contribution in [2.75, 3.05) is 0 Å². The molecule has 2 unspecified atom stereocenters. The molecule has 35 heavy (non-hydrogen) atoms. The normalized spacial score (nSPS) is 13.0. The molecule has 5 heteroatoms. The standard InChI is InChI=1S/C30H23BrO4/c31-24-16-9-15-21(19-10-3-1-4-11-19)27(24)25(32)18-23(20-12-5-2-6-13-20)28-29(33)22-14-7-8-17-26(22)35-30(28)34/h1-17,23,25,32-33H,18H2. The highest BCUT2D eigenvalue weighted by molar-refractivity contribution is 9.10. The SMILES string of the molecule is O=c1oc2ccccc2c(O)c1C(CC(O)c1c(Br)cccc1-c1ccccc1)c1ccccc1. The second-order valence-electron chi connectivity index (χ2n) is 8.43.